The van der Waals surface area contributed by atoms with Gasteiger partial charge in [-0.25, -0.2) is 0 Å². The topological polar surface area (TPSA) is 46.6 Å². The van der Waals surface area contributed by atoms with E-state index in [9.17, 15) is 0 Å². The Balaban J connectivity index is 1.56. The van der Waals surface area contributed by atoms with Gasteiger partial charge in [0.15, 0.2) is 11.5 Å². The fraction of sp³-hybridized carbons (Fsp3) is 0.312. The molecule has 0 bridgehead atoms. The molecule has 3 heterocycles. The molecular weight excluding hydrogens is 300 g/mol. The first kappa shape index (κ1) is 13.6. The molecule has 5 nitrogen and oxygen atoms in total. The van der Waals surface area contributed by atoms with Crippen molar-refractivity contribution >= 4 is 23.2 Å². The summed E-state index contributed by atoms with van der Waals surface area (Å²) in [6.45, 7) is 2.76. The van der Waals surface area contributed by atoms with E-state index >= 15 is 0 Å². The van der Waals surface area contributed by atoms with Gasteiger partial charge >= 0.3 is 0 Å². The number of rotatable bonds is 5. The van der Waals surface area contributed by atoms with Gasteiger partial charge in [-0.1, -0.05) is 18.2 Å². The zero-order valence-corrected chi connectivity index (χ0v) is 12.8. The summed E-state index contributed by atoms with van der Waals surface area (Å²) in [5.74, 6) is 1.62. The van der Waals surface area contributed by atoms with Crippen LogP contribution in [0.3, 0.4) is 0 Å². The van der Waals surface area contributed by atoms with E-state index in [2.05, 4.69) is 5.10 Å². The summed E-state index contributed by atoms with van der Waals surface area (Å²) in [5, 5.41) is 8.56. The van der Waals surface area contributed by atoms with Crippen LogP contribution < -0.4 is 14.5 Å². The highest BCUT2D eigenvalue weighted by atomic mass is 32.1. The molecule has 0 saturated carbocycles. The molecule has 1 atom stereocenters. The van der Waals surface area contributed by atoms with E-state index in [-0.39, 0.29) is 6.10 Å². The highest BCUT2D eigenvalue weighted by Gasteiger charge is 2.26. The van der Waals surface area contributed by atoms with Gasteiger partial charge in [0.05, 0.1) is 29.9 Å². The molecule has 0 radical (unpaired) electrons. The maximum Gasteiger partial charge on any atom is 0.180 e. The summed E-state index contributed by atoms with van der Waals surface area (Å²) < 4.78 is 16.6. The lowest BCUT2D eigenvalue weighted by molar-refractivity contribution is 0.173. The summed E-state index contributed by atoms with van der Waals surface area (Å²) in [7, 11) is 0. The molecule has 1 saturated heterocycles. The molecule has 0 amide bonds. The van der Waals surface area contributed by atoms with Gasteiger partial charge in [0.1, 0.15) is 19.3 Å². The minimum absolute atomic E-state index is 0.272. The molecule has 1 fully saturated rings. The summed E-state index contributed by atoms with van der Waals surface area (Å²) in [5.41, 5.74) is 1.05. The highest BCUT2D eigenvalue weighted by molar-refractivity contribution is 7.12. The first-order valence-electron chi connectivity index (χ1n) is 7.25. The minimum atomic E-state index is 0.272. The first-order valence-corrected chi connectivity index (χ1v) is 8.13. The highest BCUT2D eigenvalue weighted by Crippen LogP contribution is 2.38. The van der Waals surface area contributed by atoms with E-state index < -0.39 is 0 Å². The molecule has 6 heteroatoms. The van der Waals surface area contributed by atoms with Crippen LogP contribution in [0.15, 0.2) is 40.8 Å². The van der Waals surface area contributed by atoms with Crippen molar-refractivity contribution in [3.63, 3.8) is 0 Å². The number of hydrazone groups is 1. The van der Waals surface area contributed by atoms with Gasteiger partial charge in [0, 0.05) is 5.38 Å². The second kappa shape index (κ2) is 5.98. The number of para-hydroxylation sites is 1. The summed E-state index contributed by atoms with van der Waals surface area (Å²) in [4.78, 5) is 0.979. The van der Waals surface area contributed by atoms with E-state index in [1.165, 1.54) is 0 Å². The van der Waals surface area contributed by atoms with E-state index in [1.807, 2.05) is 46.9 Å². The predicted octanol–water partition coefficient (Wildman–Crippen LogP) is 2.76. The van der Waals surface area contributed by atoms with Crippen LogP contribution in [0, 0.1) is 0 Å². The minimum Gasteiger partial charge on any atom is -0.485 e. The van der Waals surface area contributed by atoms with Gasteiger partial charge in [-0.2, -0.15) is 5.10 Å². The average Bonchev–Trinajstić information content (AvgIpc) is 3.30. The molecule has 1 aromatic carbocycles. The van der Waals surface area contributed by atoms with Crippen molar-refractivity contribution in [2.75, 3.05) is 31.4 Å². The monoisotopic (exact) mass is 316 g/mol. The Hall–Kier alpha value is -2.05. The third-order valence-corrected chi connectivity index (χ3v) is 4.35. The van der Waals surface area contributed by atoms with Crippen molar-refractivity contribution in [2.24, 2.45) is 5.10 Å². The second-order valence-electron chi connectivity index (χ2n) is 5.11. The van der Waals surface area contributed by atoms with Crippen molar-refractivity contribution in [3.8, 4) is 11.5 Å². The molecule has 2 aliphatic heterocycles. The normalized spacial score (nSPS) is 19.4. The molecule has 4 rings (SSSR count). The Morgan fingerprint density at radius 1 is 1.23 bits per heavy atom. The number of ether oxygens (including phenoxy) is 3. The Morgan fingerprint density at radius 2 is 2.05 bits per heavy atom. The lowest BCUT2D eigenvalue weighted by atomic mass is 10.3. The predicted molar refractivity (Wildman–Crippen MR) is 86.4 cm³/mol. The SMILES string of the molecule is C(=N\N(CC1CO1)c1ccccc1)/c1scc2c1OCCO2. The number of hydrogen-bond donors (Lipinski definition) is 0. The molecule has 114 valence electrons. The number of benzene rings is 1. The van der Waals surface area contributed by atoms with Crippen LogP contribution >= 0.6 is 11.3 Å². The molecule has 22 heavy (non-hydrogen) atoms. The van der Waals surface area contributed by atoms with E-state index in [1.54, 1.807) is 11.3 Å². The first-order chi connectivity index (χ1) is 10.9. The zero-order chi connectivity index (χ0) is 14.8. The van der Waals surface area contributed by atoms with Gasteiger partial charge in [-0.15, -0.1) is 11.3 Å². The summed E-state index contributed by atoms with van der Waals surface area (Å²) >= 11 is 1.58. The molecule has 0 N–H and O–H groups in total. The van der Waals surface area contributed by atoms with Crippen molar-refractivity contribution < 1.29 is 14.2 Å². The van der Waals surface area contributed by atoms with Crippen molar-refractivity contribution in [1.82, 2.24) is 0 Å². The largest absolute Gasteiger partial charge is 0.485 e. The lowest BCUT2D eigenvalue weighted by Gasteiger charge is -2.18. The molecule has 2 aliphatic rings. The maximum atomic E-state index is 5.68. The summed E-state index contributed by atoms with van der Waals surface area (Å²) in [6.07, 6.45) is 2.11. The zero-order valence-electron chi connectivity index (χ0n) is 12.0. The number of epoxide rings is 1. The Kier molecular flexibility index (Phi) is 3.70. The second-order valence-corrected chi connectivity index (χ2v) is 6.02. The molecule has 0 aliphatic carbocycles. The van der Waals surface area contributed by atoms with E-state index in [4.69, 9.17) is 14.2 Å². The van der Waals surface area contributed by atoms with Crippen LogP contribution in [0.4, 0.5) is 5.69 Å². The maximum absolute atomic E-state index is 5.68. The van der Waals surface area contributed by atoms with E-state index in [0.29, 0.717) is 13.2 Å². The van der Waals surface area contributed by atoms with Crippen LogP contribution in [0.1, 0.15) is 4.88 Å². The van der Waals surface area contributed by atoms with Gasteiger partial charge in [0.2, 0.25) is 0 Å². The smallest absolute Gasteiger partial charge is 0.180 e. The van der Waals surface area contributed by atoms with Gasteiger partial charge in [-0.3, -0.25) is 5.01 Å². The molecule has 0 spiro atoms. The standard InChI is InChI=1S/C16H16N2O3S/c1-2-4-12(5-3-1)18(9-13-10-21-13)17-8-15-16-14(11-22-15)19-6-7-20-16/h1-5,8,11,13H,6-7,9-10H2/b17-8+. The quantitative estimate of drug-likeness (QED) is 0.483. The number of anilines is 1. The molecule has 2 aromatic rings. The molecule has 1 unspecified atom stereocenters. The number of nitrogens with zero attached hydrogens (tertiary/aromatic N) is 2. The van der Waals surface area contributed by atoms with Crippen molar-refractivity contribution in [3.05, 3.63) is 40.6 Å². The number of thiophene rings is 1. The number of hydrogen-bond acceptors (Lipinski definition) is 6. The van der Waals surface area contributed by atoms with Gasteiger partial charge < -0.3 is 14.2 Å². The summed E-state index contributed by atoms with van der Waals surface area (Å²) in [6, 6.07) is 10.1. The third-order valence-electron chi connectivity index (χ3n) is 3.48. The van der Waals surface area contributed by atoms with Crippen LogP contribution in [-0.4, -0.2) is 38.7 Å². The number of fused-ring (bicyclic) bond motifs is 1. The van der Waals surface area contributed by atoms with Crippen LogP contribution in [0.5, 0.6) is 11.5 Å². The van der Waals surface area contributed by atoms with Crippen molar-refractivity contribution in [1.29, 1.82) is 0 Å². The van der Waals surface area contributed by atoms with Gasteiger partial charge in [0.25, 0.3) is 0 Å². The Labute approximate surface area is 132 Å². The van der Waals surface area contributed by atoms with Crippen LogP contribution in [-0.2, 0) is 4.74 Å². The Morgan fingerprint density at radius 3 is 2.86 bits per heavy atom. The third kappa shape index (κ3) is 2.93. The van der Waals surface area contributed by atoms with Crippen LogP contribution in [0.2, 0.25) is 0 Å². The fourth-order valence-corrected chi connectivity index (χ4v) is 3.06. The molecular formula is C16H16N2O3S. The molecule has 1 aromatic heterocycles. The van der Waals surface area contributed by atoms with Crippen LogP contribution in [0.25, 0.3) is 0 Å². The fourth-order valence-electron chi connectivity index (χ4n) is 2.28. The van der Waals surface area contributed by atoms with Gasteiger partial charge in [-0.05, 0) is 12.1 Å². The lowest BCUT2D eigenvalue weighted by Crippen LogP contribution is -2.22. The van der Waals surface area contributed by atoms with Crippen molar-refractivity contribution in [2.45, 2.75) is 6.10 Å². The Bertz CT molecular complexity index is 667. The van der Waals surface area contributed by atoms with E-state index in [0.717, 1.165) is 35.2 Å². The average molecular weight is 316 g/mol.